The zero-order valence-corrected chi connectivity index (χ0v) is 20.8. The van der Waals surface area contributed by atoms with E-state index in [9.17, 15) is 21.6 Å². The maximum absolute atomic E-state index is 13.3. The lowest BCUT2D eigenvalue weighted by molar-refractivity contribution is -0.116. The number of anilines is 1. The van der Waals surface area contributed by atoms with Crippen molar-refractivity contribution in [3.8, 4) is 0 Å². The lowest BCUT2D eigenvalue weighted by atomic mass is 10.2. The molecule has 0 saturated carbocycles. The Balaban J connectivity index is 1.89. The summed E-state index contributed by atoms with van der Waals surface area (Å²) in [5, 5.41) is 2.67. The molecule has 0 atom stereocenters. The van der Waals surface area contributed by atoms with E-state index >= 15 is 0 Å². The van der Waals surface area contributed by atoms with Crippen molar-refractivity contribution >= 4 is 31.6 Å². The van der Waals surface area contributed by atoms with Crippen molar-refractivity contribution in [3.63, 3.8) is 0 Å². The first kappa shape index (κ1) is 25.6. The Bertz CT molecular complexity index is 1360. The highest BCUT2D eigenvalue weighted by molar-refractivity contribution is 7.89. The van der Waals surface area contributed by atoms with Crippen LogP contribution in [0.3, 0.4) is 0 Å². The minimum absolute atomic E-state index is 0.000478. The van der Waals surface area contributed by atoms with Gasteiger partial charge in [0.15, 0.2) is 0 Å². The quantitative estimate of drug-likeness (QED) is 0.485. The summed E-state index contributed by atoms with van der Waals surface area (Å²) in [6.45, 7) is 1.28. The topological polar surface area (TPSA) is 104 Å². The number of carbonyl (C=O) groups excluding carboxylic acids is 1. The number of carbonyl (C=O) groups is 1. The van der Waals surface area contributed by atoms with Gasteiger partial charge in [0.25, 0.3) is 0 Å². The molecule has 1 N–H and O–H groups in total. The van der Waals surface area contributed by atoms with Gasteiger partial charge < -0.3 is 5.32 Å². The van der Waals surface area contributed by atoms with Crippen LogP contribution in [0.5, 0.6) is 0 Å². The van der Waals surface area contributed by atoms with E-state index in [-0.39, 0.29) is 16.3 Å². The molecule has 0 radical (unpaired) electrons. The second-order valence-corrected chi connectivity index (χ2v) is 12.0. The third-order valence-electron chi connectivity index (χ3n) is 5.16. The molecule has 1 amide bonds. The number of hydrogen-bond donors (Lipinski definition) is 1. The molecule has 0 spiro atoms. The van der Waals surface area contributed by atoms with Crippen LogP contribution in [0.1, 0.15) is 11.1 Å². The van der Waals surface area contributed by atoms with Gasteiger partial charge in [-0.25, -0.2) is 21.1 Å². The number of aryl methyl sites for hydroxylation is 1. The molecule has 0 aliphatic rings. The Labute approximate surface area is 200 Å². The fourth-order valence-corrected chi connectivity index (χ4v) is 5.55. The van der Waals surface area contributed by atoms with Crippen LogP contribution in [0, 0.1) is 6.92 Å². The third kappa shape index (κ3) is 5.89. The Kier molecular flexibility index (Phi) is 7.88. The first-order valence-corrected chi connectivity index (χ1v) is 13.3. The third-order valence-corrected chi connectivity index (χ3v) is 8.78. The number of amides is 1. The Hall–Kier alpha value is -3.05. The van der Waals surface area contributed by atoms with Gasteiger partial charge in [-0.1, -0.05) is 54.6 Å². The fraction of sp³-hybridized carbons (Fsp3) is 0.208. The van der Waals surface area contributed by atoms with Crippen LogP contribution < -0.4 is 5.32 Å². The van der Waals surface area contributed by atoms with E-state index < -0.39 is 32.5 Å². The molecule has 3 rings (SSSR count). The van der Waals surface area contributed by atoms with Crippen molar-refractivity contribution in [2.45, 2.75) is 23.3 Å². The molecule has 0 heterocycles. The molecule has 3 aromatic rings. The number of nitrogens with zero attached hydrogens (tertiary/aromatic N) is 2. The average molecular weight is 502 g/mol. The van der Waals surface area contributed by atoms with E-state index in [0.717, 1.165) is 14.2 Å². The van der Waals surface area contributed by atoms with Crippen LogP contribution in [-0.4, -0.2) is 52.0 Å². The van der Waals surface area contributed by atoms with E-state index in [4.69, 9.17) is 0 Å². The molecule has 8 nitrogen and oxygen atoms in total. The molecule has 34 heavy (non-hydrogen) atoms. The Morgan fingerprint density at radius 2 is 1.38 bits per heavy atom. The first-order valence-electron chi connectivity index (χ1n) is 10.4. The van der Waals surface area contributed by atoms with Crippen molar-refractivity contribution in [2.24, 2.45) is 0 Å². The molecule has 0 bridgehead atoms. The largest absolute Gasteiger partial charge is 0.325 e. The maximum Gasteiger partial charge on any atom is 0.243 e. The van der Waals surface area contributed by atoms with E-state index in [1.54, 1.807) is 55.5 Å². The summed E-state index contributed by atoms with van der Waals surface area (Å²) in [6, 6.07) is 21.3. The van der Waals surface area contributed by atoms with Gasteiger partial charge in [-0.15, -0.1) is 0 Å². The molecule has 0 fully saturated rings. The van der Waals surface area contributed by atoms with Crippen molar-refractivity contribution in [2.75, 3.05) is 26.0 Å². The van der Waals surface area contributed by atoms with E-state index in [1.807, 2.05) is 6.07 Å². The molecule has 0 aliphatic carbocycles. The van der Waals surface area contributed by atoms with Crippen LogP contribution in [0.25, 0.3) is 0 Å². The van der Waals surface area contributed by atoms with Crippen molar-refractivity contribution < 1.29 is 21.6 Å². The fourth-order valence-electron chi connectivity index (χ4n) is 3.21. The van der Waals surface area contributed by atoms with Gasteiger partial charge in [0.2, 0.25) is 26.0 Å². The number of benzene rings is 3. The van der Waals surface area contributed by atoms with Crippen molar-refractivity contribution in [3.05, 3.63) is 90.0 Å². The number of sulfonamides is 2. The van der Waals surface area contributed by atoms with Gasteiger partial charge in [-0.2, -0.15) is 4.31 Å². The molecular weight excluding hydrogens is 474 g/mol. The predicted octanol–water partition coefficient (Wildman–Crippen LogP) is 3.07. The lowest BCUT2D eigenvalue weighted by Crippen LogP contribution is -2.37. The zero-order valence-electron chi connectivity index (χ0n) is 19.2. The van der Waals surface area contributed by atoms with Crippen LogP contribution >= 0.6 is 0 Å². The van der Waals surface area contributed by atoms with E-state index in [0.29, 0.717) is 11.3 Å². The normalized spacial score (nSPS) is 12.1. The van der Waals surface area contributed by atoms with Gasteiger partial charge in [-0.05, 0) is 42.3 Å². The standard InChI is InChI=1S/C24H27N3O5S2/c1-19-14-15-22(33(29,30)26(2)3)16-23(19)25-24(28)18-27(17-20-10-6-4-7-11-20)34(31,32)21-12-8-5-9-13-21/h4-16H,17-18H2,1-3H3,(H,25,28). The highest BCUT2D eigenvalue weighted by atomic mass is 32.2. The van der Waals surface area contributed by atoms with Crippen LogP contribution in [0.2, 0.25) is 0 Å². The van der Waals surface area contributed by atoms with Crippen molar-refractivity contribution in [1.29, 1.82) is 0 Å². The number of nitrogens with one attached hydrogen (secondary N) is 1. The van der Waals surface area contributed by atoms with Gasteiger partial charge >= 0.3 is 0 Å². The summed E-state index contributed by atoms with van der Waals surface area (Å²) < 4.78 is 53.8. The van der Waals surface area contributed by atoms with Crippen molar-refractivity contribution in [1.82, 2.24) is 8.61 Å². The van der Waals surface area contributed by atoms with Gasteiger partial charge in [-0.3, -0.25) is 4.79 Å². The lowest BCUT2D eigenvalue weighted by Gasteiger charge is -2.22. The Morgan fingerprint density at radius 3 is 1.97 bits per heavy atom. The number of hydrogen-bond acceptors (Lipinski definition) is 5. The van der Waals surface area contributed by atoms with Crippen LogP contribution in [0.15, 0.2) is 88.7 Å². The second-order valence-electron chi connectivity index (χ2n) is 7.88. The molecule has 0 aliphatic heterocycles. The highest BCUT2D eigenvalue weighted by Crippen LogP contribution is 2.23. The summed E-state index contributed by atoms with van der Waals surface area (Å²) in [5.41, 5.74) is 1.67. The minimum atomic E-state index is -3.97. The molecule has 0 saturated heterocycles. The average Bonchev–Trinajstić information content (AvgIpc) is 2.81. The molecule has 10 heteroatoms. The smallest absolute Gasteiger partial charge is 0.243 e. The number of rotatable bonds is 9. The Morgan fingerprint density at radius 1 is 0.794 bits per heavy atom. The predicted molar refractivity (Wildman–Crippen MR) is 131 cm³/mol. The van der Waals surface area contributed by atoms with E-state index in [2.05, 4.69) is 5.32 Å². The SMILES string of the molecule is Cc1ccc(S(=O)(=O)N(C)C)cc1NC(=O)CN(Cc1ccccc1)S(=O)(=O)c1ccccc1. The maximum atomic E-state index is 13.3. The van der Waals surface area contributed by atoms with Gasteiger partial charge in [0.05, 0.1) is 16.3 Å². The monoisotopic (exact) mass is 501 g/mol. The molecule has 3 aromatic carbocycles. The molecule has 0 aromatic heterocycles. The minimum Gasteiger partial charge on any atom is -0.325 e. The zero-order chi connectivity index (χ0) is 24.9. The molecule has 0 unspecified atom stereocenters. The second kappa shape index (κ2) is 10.5. The summed E-state index contributed by atoms with van der Waals surface area (Å²) in [4.78, 5) is 13.1. The van der Waals surface area contributed by atoms with Gasteiger partial charge in [0, 0.05) is 26.3 Å². The summed E-state index contributed by atoms with van der Waals surface area (Å²) in [5.74, 6) is -0.585. The highest BCUT2D eigenvalue weighted by Gasteiger charge is 2.27. The summed E-state index contributed by atoms with van der Waals surface area (Å²) in [6.07, 6.45) is 0. The van der Waals surface area contributed by atoms with Crippen LogP contribution in [-0.2, 0) is 31.4 Å². The van der Waals surface area contributed by atoms with Crippen LogP contribution in [0.4, 0.5) is 5.69 Å². The summed E-state index contributed by atoms with van der Waals surface area (Å²) >= 11 is 0. The first-order chi connectivity index (χ1) is 16.0. The van der Waals surface area contributed by atoms with Gasteiger partial charge in [0.1, 0.15) is 0 Å². The molecule has 180 valence electrons. The molecular formula is C24H27N3O5S2. The summed E-state index contributed by atoms with van der Waals surface area (Å²) in [7, 11) is -4.83. The van der Waals surface area contributed by atoms with E-state index in [1.165, 1.54) is 38.4 Å².